The molecule has 3 heterocycles. The van der Waals surface area contributed by atoms with Crippen molar-refractivity contribution in [2.24, 2.45) is 0 Å². The molecule has 0 aliphatic carbocycles. The van der Waals surface area contributed by atoms with E-state index < -0.39 is 6.10 Å². The minimum absolute atomic E-state index is 0.0000508. The lowest BCUT2D eigenvalue weighted by Gasteiger charge is -2.41. The van der Waals surface area contributed by atoms with Gasteiger partial charge in [-0.1, -0.05) is 12.1 Å². The van der Waals surface area contributed by atoms with Crippen LogP contribution in [-0.4, -0.2) is 47.7 Å². The van der Waals surface area contributed by atoms with Gasteiger partial charge in [-0.05, 0) is 24.3 Å². The van der Waals surface area contributed by atoms with E-state index in [0.717, 1.165) is 5.75 Å². The van der Waals surface area contributed by atoms with Crippen LogP contribution in [0.15, 0.2) is 48.8 Å². The zero-order chi connectivity index (χ0) is 15.6. The van der Waals surface area contributed by atoms with E-state index in [1.54, 1.807) is 23.4 Å². The second-order valence-electron chi connectivity index (χ2n) is 5.54. The maximum absolute atomic E-state index is 12.4. The molecule has 1 amide bonds. The highest BCUT2D eigenvalue weighted by molar-refractivity contribution is 5.82. The maximum atomic E-state index is 12.4. The molecular weight excluding hydrogens is 296 g/mol. The zero-order valence-electron chi connectivity index (χ0n) is 12.4. The molecule has 118 valence electrons. The van der Waals surface area contributed by atoms with E-state index in [0.29, 0.717) is 24.6 Å². The summed E-state index contributed by atoms with van der Waals surface area (Å²) in [7, 11) is 0. The summed E-state index contributed by atoms with van der Waals surface area (Å²) >= 11 is 0. The molecule has 2 aliphatic rings. The van der Waals surface area contributed by atoms with Crippen molar-refractivity contribution >= 4 is 5.91 Å². The fraction of sp³-hybridized carbons (Fsp3) is 0.294. The van der Waals surface area contributed by atoms with E-state index in [2.05, 4.69) is 4.98 Å². The number of nitrogens with zero attached hydrogens (tertiary/aromatic N) is 2. The second kappa shape index (κ2) is 5.79. The van der Waals surface area contributed by atoms with Crippen LogP contribution in [0.25, 0.3) is 0 Å². The number of aromatic nitrogens is 1. The smallest absolute Gasteiger partial charge is 0.267 e. The summed E-state index contributed by atoms with van der Waals surface area (Å²) in [5.74, 6) is 1.94. The van der Waals surface area contributed by atoms with Crippen molar-refractivity contribution in [2.75, 3.05) is 19.7 Å². The molecule has 1 fully saturated rings. The number of fused-ring (bicyclic) bond motifs is 1. The van der Waals surface area contributed by atoms with Gasteiger partial charge in [-0.15, -0.1) is 0 Å². The van der Waals surface area contributed by atoms with E-state index >= 15 is 0 Å². The third kappa shape index (κ3) is 2.79. The number of likely N-dealkylation sites (tertiary alicyclic amines) is 1. The Morgan fingerprint density at radius 2 is 2.00 bits per heavy atom. The van der Waals surface area contributed by atoms with Crippen LogP contribution in [0, 0.1) is 0 Å². The van der Waals surface area contributed by atoms with Crippen molar-refractivity contribution in [3.63, 3.8) is 0 Å². The highest BCUT2D eigenvalue weighted by Crippen LogP contribution is 2.31. The Balaban J connectivity index is 1.32. The van der Waals surface area contributed by atoms with Gasteiger partial charge in [0.2, 0.25) is 6.10 Å². The lowest BCUT2D eigenvalue weighted by Crippen LogP contribution is -2.60. The molecule has 1 aromatic heterocycles. The van der Waals surface area contributed by atoms with Crippen LogP contribution in [0.1, 0.15) is 0 Å². The molecule has 2 aliphatic heterocycles. The van der Waals surface area contributed by atoms with Crippen molar-refractivity contribution in [1.82, 2.24) is 9.88 Å². The highest BCUT2D eigenvalue weighted by atomic mass is 16.6. The van der Waals surface area contributed by atoms with Crippen LogP contribution in [0.5, 0.6) is 17.2 Å². The molecule has 0 bridgehead atoms. The number of pyridine rings is 1. The minimum atomic E-state index is -0.593. The minimum Gasteiger partial charge on any atom is -0.485 e. The monoisotopic (exact) mass is 312 g/mol. The van der Waals surface area contributed by atoms with Crippen molar-refractivity contribution in [1.29, 1.82) is 0 Å². The van der Waals surface area contributed by atoms with Crippen molar-refractivity contribution in [3.8, 4) is 17.2 Å². The summed E-state index contributed by atoms with van der Waals surface area (Å²) in [4.78, 5) is 18.2. The van der Waals surface area contributed by atoms with Gasteiger partial charge in [-0.2, -0.15) is 0 Å². The van der Waals surface area contributed by atoms with Gasteiger partial charge < -0.3 is 19.1 Å². The standard InChI is InChI=1S/C17H16N2O4/c20-17(16-11-21-14-5-1-2-6-15(14)23-16)19-9-13(10-19)22-12-4-3-7-18-8-12/h1-8,13,16H,9-11H2/t16-/m0/s1. The van der Waals surface area contributed by atoms with Crippen LogP contribution in [0.3, 0.4) is 0 Å². The first kappa shape index (κ1) is 13.9. The fourth-order valence-electron chi connectivity index (χ4n) is 2.65. The van der Waals surface area contributed by atoms with Gasteiger partial charge in [-0.3, -0.25) is 9.78 Å². The van der Waals surface area contributed by atoms with Crippen molar-refractivity contribution < 1.29 is 19.0 Å². The summed E-state index contributed by atoms with van der Waals surface area (Å²) in [5, 5.41) is 0. The van der Waals surface area contributed by atoms with Gasteiger partial charge in [0.1, 0.15) is 18.5 Å². The third-order valence-electron chi connectivity index (χ3n) is 3.88. The van der Waals surface area contributed by atoms with Gasteiger partial charge in [0.25, 0.3) is 5.91 Å². The van der Waals surface area contributed by atoms with Gasteiger partial charge in [0.15, 0.2) is 11.5 Å². The van der Waals surface area contributed by atoms with Gasteiger partial charge >= 0.3 is 0 Å². The van der Waals surface area contributed by atoms with Crippen molar-refractivity contribution in [2.45, 2.75) is 12.2 Å². The van der Waals surface area contributed by atoms with Crippen LogP contribution in [-0.2, 0) is 4.79 Å². The zero-order valence-corrected chi connectivity index (χ0v) is 12.4. The Hall–Kier alpha value is -2.76. The van der Waals surface area contributed by atoms with Gasteiger partial charge in [0, 0.05) is 6.20 Å². The second-order valence-corrected chi connectivity index (χ2v) is 5.54. The Labute approximate surface area is 133 Å². The molecule has 6 heteroatoms. The predicted molar refractivity (Wildman–Crippen MR) is 81.6 cm³/mol. The number of hydrogen-bond donors (Lipinski definition) is 0. The third-order valence-corrected chi connectivity index (χ3v) is 3.88. The number of amides is 1. The first-order valence-electron chi connectivity index (χ1n) is 7.53. The van der Waals surface area contributed by atoms with Gasteiger partial charge in [0.05, 0.1) is 19.3 Å². The van der Waals surface area contributed by atoms with Crippen molar-refractivity contribution in [3.05, 3.63) is 48.8 Å². The fourth-order valence-corrected chi connectivity index (χ4v) is 2.65. The molecular formula is C17H16N2O4. The highest BCUT2D eigenvalue weighted by Gasteiger charge is 2.38. The molecule has 1 atom stereocenters. The summed E-state index contributed by atoms with van der Waals surface area (Å²) in [6.07, 6.45) is 2.77. The van der Waals surface area contributed by atoms with E-state index in [9.17, 15) is 4.79 Å². The topological polar surface area (TPSA) is 60.9 Å². The Morgan fingerprint density at radius 3 is 2.78 bits per heavy atom. The molecule has 0 radical (unpaired) electrons. The Bertz CT molecular complexity index is 701. The molecule has 2 aromatic rings. The van der Waals surface area contributed by atoms with E-state index in [-0.39, 0.29) is 18.6 Å². The normalized spacial score (nSPS) is 19.8. The maximum Gasteiger partial charge on any atom is 0.267 e. The quantitative estimate of drug-likeness (QED) is 0.860. The largest absolute Gasteiger partial charge is 0.485 e. The van der Waals surface area contributed by atoms with Gasteiger partial charge in [-0.25, -0.2) is 0 Å². The molecule has 1 saturated heterocycles. The molecule has 4 rings (SSSR count). The van der Waals surface area contributed by atoms with Crippen LogP contribution >= 0.6 is 0 Å². The number of carbonyl (C=O) groups is 1. The number of para-hydroxylation sites is 2. The summed E-state index contributed by atoms with van der Waals surface area (Å²) in [5.41, 5.74) is 0. The number of carbonyl (C=O) groups excluding carboxylic acids is 1. The first-order chi connectivity index (χ1) is 11.3. The Morgan fingerprint density at radius 1 is 1.17 bits per heavy atom. The summed E-state index contributed by atoms with van der Waals surface area (Å²) < 4.78 is 17.1. The van der Waals surface area contributed by atoms with E-state index in [4.69, 9.17) is 14.2 Å². The van der Waals surface area contributed by atoms with Crippen LogP contribution in [0.2, 0.25) is 0 Å². The first-order valence-corrected chi connectivity index (χ1v) is 7.53. The Kier molecular flexibility index (Phi) is 3.49. The molecule has 6 nitrogen and oxygen atoms in total. The lowest BCUT2D eigenvalue weighted by molar-refractivity contribution is -0.150. The van der Waals surface area contributed by atoms with E-state index in [1.165, 1.54) is 0 Å². The predicted octanol–water partition coefficient (Wildman–Crippen LogP) is 1.51. The van der Waals surface area contributed by atoms with Crippen LogP contribution in [0.4, 0.5) is 0 Å². The molecule has 0 spiro atoms. The summed E-state index contributed by atoms with van der Waals surface area (Å²) in [6, 6.07) is 11.0. The molecule has 1 aromatic carbocycles. The number of rotatable bonds is 3. The van der Waals surface area contributed by atoms with E-state index in [1.807, 2.05) is 30.3 Å². The molecule has 0 saturated carbocycles. The summed E-state index contributed by atoms with van der Waals surface area (Å²) in [6.45, 7) is 1.34. The SMILES string of the molecule is O=C([C@@H]1COc2ccccc2O1)N1CC(Oc2cccnc2)C1. The number of benzene rings is 1. The molecule has 0 unspecified atom stereocenters. The lowest BCUT2D eigenvalue weighted by atomic mass is 10.1. The average molecular weight is 312 g/mol. The molecule has 23 heavy (non-hydrogen) atoms. The number of hydrogen-bond acceptors (Lipinski definition) is 5. The number of ether oxygens (including phenoxy) is 3. The average Bonchev–Trinajstić information content (AvgIpc) is 2.57. The van der Waals surface area contributed by atoms with Crippen LogP contribution < -0.4 is 14.2 Å². The molecule has 0 N–H and O–H groups in total.